The van der Waals surface area contributed by atoms with Gasteiger partial charge in [0.2, 0.25) is 0 Å². The maximum absolute atomic E-state index is 5.18. The van der Waals surface area contributed by atoms with Crippen LogP contribution < -0.4 is 0 Å². The maximum Gasteiger partial charge on any atom is 0.164 e. The molecule has 220 valence electrons. The van der Waals surface area contributed by atoms with Crippen molar-refractivity contribution in [3.05, 3.63) is 139 Å². The van der Waals surface area contributed by atoms with E-state index in [1.54, 1.807) is 0 Å². The molecule has 0 saturated carbocycles. The Morgan fingerprint density at radius 3 is 1.51 bits per heavy atom. The number of benzene rings is 5. The van der Waals surface area contributed by atoms with Gasteiger partial charge in [-0.25, -0.2) is 19.9 Å². The third kappa shape index (κ3) is 5.65. The Morgan fingerprint density at radius 1 is 0.444 bits per heavy atom. The quantitative estimate of drug-likeness (QED) is 0.187. The first kappa shape index (κ1) is 28.4. The Labute approximate surface area is 264 Å². The molecule has 45 heavy (non-hydrogen) atoms. The number of nitrogens with zero attached hydrogens (tertiary/aromatic N) is 5. The number of hydrogen-bond donors (Lipinski definition) is 0. The Balaban J connectivity index is 1.42. The van der Waals surface area contributed by atoms with Gasteiger partial charge in [-0.15, -0.1) is 0 Å². The van der Waals surface area contributed by atoms with Crippen LogP contribution in [0.4, 0.5) is 0 Å². The van der Waals surface area contributed by atoms with Gasteiger partial charge in [-0.1, -0.05) is 125 Å². The van der Waals surface area contributed by atoms with Crippen molar-refractivity contribution in [2.24, 2.45) is 0 Å². The minimum Gasteiger partial charge on any atom is -0.292 e. The highest BCUT2D eigenvalue weighted by atomic mass is 15.1. The van der Waals surface area contributed by atoms with E-state index in [9.17, 15) is 0 Å². The molecule has 2 aromatic heterocycles. The summed E-state index contributed by atoms with van der Waals surface area (Å²) < 4.78 is 2.30. The Morgan fingerprint density at radius 2 is 0.933 bits per heavy atom. The number of para-hydroxylation sites is 2. The second kappa shape index (κ2) is 11.9. The van der Waals surface area contributed by atoms with Crippen molar-refractivity contribution in [1.29, 1.82) is 0 Å². The summed E-state index contributed by atoms with van der Waals surface area (Å²) in [5, 5.41) is 0. The van der Waals surface area contributed by atoms with E-state index in [0.29, 0.717) is 29.3 Å². The predicted molar refractivity (Wildman–Crippen MR) is 184 cm³/mol. The van der Waals surface area contributed by atoms with Gasteiger partial charge < -0.3 is 0 Å². The molecule has 0 unspecified atom stereocenters. The summed E-state index contributed by atoms with van der Waals surface area (Å²) in [6, 6.07) is 43.8. The van der Waals surface area contributed by atoms with E-state index in [1.165, 1.54) is 11.1 Å². The van der Waals surface area contributed by atoms with E-state index in [-0.39, 0.29) is 0 Å². The molecule has 0 bridgehead atoms. The van der Waals surface area contributed by atoms with Crippen molar-refractivity contribution in [2.45, 2.75) is 39.5 Å². The number of imidazole rings is 1. The molecule has 0 aliphatic rings. The third-order valence-electron chi connectivity index (χ3n) is 8.19. The number of aromatic nitrogens is 5. The van der Waals surface area contributed by atoms with E-state index < -0.39 is 0 Å². The molecule has 0 aliphatic carbocycles. The summed E-state index contributed by atoms with van der Waals surface area (Å²) in [6.45, 7) is 9.01. The van der Waals surface area contributed by atoms with E-state index in [1.807, 2.05) is 66.7 Å². The normalized spacial score (nSPS) is 11.5. The first-order valence-electron chi connectivity index (χ1n) is 15.5. The molecule has 7 aromatic rings. The molecule has 2 heterocycles. The molecule has 5 nitrogen and oxygen atoms in total. The third-order valence-corrected chi connectivity index (χ3v) is 8.19. The standard InChI is InChI=1S/C40H35N5/c1-26(2)32-23-33(27(3)4)25-34(24-32)45-36-21-12-11-20-35(36)41-40(45)31-19-13-18-30(22-31)39-43-37(28-14-7-5-8-15-28)42-38(44-39)29-16-9-6-10-17-29/h5-27H,1-4H3. The first-order valence-corrected chi connectivity index (χ1v) is 15.5. The smallest absolute Gasteiger partial charge is 0.164 e. The SMILES string of the molecule is CC(C)c1cc(C(C)C)cc(-n2c(-c3cccc(-c4nc(-c5ccccc5)nc(-c5ccccc5)n4)c3)nc3ccccc32)c1. The predicted octanol–water partition coefficient (Wildman–Crippen LogP) is 10.1. The zero-order valence-corrected chi connectivity index (χ0v) is 26.0. The van der Waals surface area contributed by atoms with Crippen LogP contribution in [0.15, 0.2) is 127 Å². The molecular weight excluding hydrogens is 550 g/mol. The highest BCUT2D eigenvalue weighted by molar-refractivity contribution is 5.84. The lowest BCUT2D eigenvalue weighted by Crippen LogP contribution is -2.03. The Bertz CT molecular complexity index is 2030. The Kier molecular flexibility index (Phi) is 7.52. The average Bonchev–Trinajstić information content (AvgIpc) is 3.48. The molecule has 0 saturated heterocycles. The van der Waals surface area contributed by atoms with Gasteiger partial charge in [-0.05, 0) is 53.3 Å². The summed E-state index contributed by atoms with van der Waals surface area (Å²) in [5.41, 5.74) is 9.58. The van der Waals surface area contributed by atoms with Gasteiger partial charge in [-0.3, -0.25) is 4.57 Å². The second-order valence-corrected chi connectivity index (χ2v) is 12.0. The van der Waals surface area contributed by atoms with E-state index in [4.69, 9.17) is 19.9 Å². The summed E-state index contributed by atoms with van der Waals surface area (Å²) in [5.74, 6) is 3.61. The van der Waals surface area contributed by atoms with Crippen LogP contribution in [-0.4, -0.2) is 24.5 Å². The maximum atomic E-state index is 5.18. The van der Waals surface area contributed by atoms with Crippen molar-refractivity contribution < 1.29 is 0 Å². The topological polar surface area (TPSA) is 56.5 Å². The highest BCUT2D eigenvalue weighted by Crippen LogP contribution is 2.34. The van der Waals surface area contributed by atoms with Crippen LogP contribution in [0.5, 0.6) is 0 Å². The van der Waals surface area contributed by atoms with Crippen molar-refractivity contribution in [3.8, 4) is 51.2 Å². The zero-order valence-electron chi connectivity index (χ0n) is 26.0. The minimum absolute atomic E-state index is 0.408. The molecular formula is C40H35N5. The summed E-state index contributed by atoms with van der Waals surface area (Å²) in [7, 11) is 0. The van der Waals surface area contributed by atoms with Crippen molar-refractivity contribution in [2.75, 3.05) is 0 Å². The summed E-state index contributed by atoms with van der Waals surface area (Å²) in [4.78, 5) is 20.0. The highest BCUT2D eigenvalue weighted by Gasteiger charge is 2.18. The zero-order chi connectivity index (χ0) is 30.9. The van der Waals surface area contributed by atoms with Gasteiger partial charge in [-0.2, -0.15) is 0 Å². The van der Waals surface area contributed by atoms with Crippen molar-refractivity contribution in [1.82, 2.24) is 24.5 Å². The van der Waals surface area contributed by atoms with Crippen LogP contribution >= 0.6 is 0 Å². The number of rotatable bonds is 7. The van der Waals surface area contributed by atoms with Gasteiger partial charge >= 0.3 is 0 Å². The molecule has 0 radical (unpaired) electrons. The van der Waals surface area contributed by atoms with Crippen LogP contribution in [0.2, 0.25) is 0 Å². The van der Waals surface area contributed by atoms with Gasteiger partial charge in [0.25, 0.3) is 0 Å². The molecule has 0 aliphatic heterocycles. The molecule has 5 aromatic carbocycles. The minimum atomic E-state index is 0.408. The molecule has 0 atom stereocenters. The fourth-order valence-corrected chi connectivity index (χ4v) is 5.67. The van der Waals surface area contributed by atoms with Crippen LogP contribution in [-0.2, 0) is 0 Å². The van der Waals surface area contributed by atoms with Gasteiger partial charge in [0.1, 0.15) is 5.82 Å². The molecule has 0 spiro atoms. The van der Waals surface area contributed by atoms with Gasteiger partial charge in [0.15, 0.2) is 17.5 Å². The summed E-state index contributed by atoms with van der Waals surface area (Å²) in [6.07, 6.45) is 0. The monoisotopic (exact) mass is 585 g/mol. The molecule has 7 rings (SSSR count). The van der Waals surface area contributed by atoms with E-state index in [0.717, 1.165) is 44.8 Å². The van der Waals surface area contributed by atoms with E-state index >= 15 is 0 Å². The first-order chi connectivity index (χ1) is 21.9. The van der Waals surface area contributed by atoms with Gasteiger partial charge in [0.05, 0.1) is 11.0 Å². The van der Waals surface area contributed by atoms with Crippen molar-refractivity contribution in [3.63, 3.8) is 0 Å². The summed E-state index contributed by atoms with van der Waals surface area (Å²) >= 11 is 0. The van der Waals surface area contributed by atoms with Gasteiger partial charge in [0, 0.05) is 27.9 Å². The fourth-order valence-electron chi connectivity index (χ4n) is 5.67. The lowest BCUT2D eigenvalue weighted by atomic mass is 9.94. The lowest BCUT2D eigenvalue weighted by molar-refractivity contribution is 0.829. The second-order valence-electron chi connectivity index (χ2n) is 12.0. The largest absolute Gasteiger partial charge is 0.292 e. The van der Waals surface area contributed by atoms with Crippen molar-refractivity contribution >= 4 is 11.0 Å². The molecule has 0 amide bonds. The average molecular weight is 586 g/mol. The molecule has 0 N–H and O–H groups in total. The van der Waals surface area contributed by atoms with Crippen LogP contribution in [0.1, 0.15) is 50.7 Å². The Hall–Kier alpha value is -5.42. The number of hydrogen-bond acceptors (Lipinski definition) is 4. The van der Waals surface area contributed by atoms with E-state index in [2.05, 4.69) is 92.9 Å². The lowest BCUT2D eigenvalue weighted by Gasteiger charge is -2.17. The van der Waals surface area contributed by atoms with Crippen LogP contribution in [0.25, 0.3) is 62.3 Å². The number of fused-ring (bicyclic) bond motifs is 1. The fraction of sp³-hybridized carbons (Fsp3) is 0.150. The van der Waals surface area contributed by atoms with Crippen LogP contribution in [0.3, 0.4) is 0 Å². The molecule has 0 fully saturated rings. The van der Waals surface area contributed by atoms with Crippen LogP contribution in [0, 0.1) is 0 Å². The molecule has 5 heteroatoms.